The largest absolute Gasteiger partial charge is 0.451 e. The van der Waals surface area contributed by atoms with E-state index in [0.29, 0.717) is 22.0 Å². The summed E-state index contributed by atoms with van der Waals surface area (Å²) >= 11 is 6.04. The number of fused-ring (bicyclic) bond motifs is 1. The number of halogens is 1. The molecular weight excluding hydrogens is 288 g/mol. The highest BCUT2D eigenvalue weighted by atomic mass is 35.5. The minimum Gasteiger partial charge on any atom is -0.451 e. The van der Waals surface area contributed by atoms with Gasteiger partial charge in [0.25, 0.3) is 5.91 Å². The summed E-state index contributed by atoms with van der Waals surface area (Å²) in [6.07, 6.45) is 0. The number of anilines is 2. The molecule has 106 valence electrons. The van der Waals surface area contributed by atoms with Gasteiger partial charge < -0.3 is 15.5 Å². The quantitative estimate of drug-likeness (QED) is 0.696. The van der Waals surface area contributed by atoms with Gasteiger partial charge in [0, 0.05) is 21.8 Å². The van der Waals surface area contributed by atoms with Gasteiger partial charge in [-0.2, -0.15) is 0 Å². The molecular formula is C16H13ClN2O2. The first-order valence-electron chi connectivity index (χ1n) is 6.39. The fraction of sp³-hybridized carbons (Fsp3) is 0.0625. The Bertz CT molecular complexity index is 839. The smallest absolute Gasteiger partial charge is 0.291 e. The van der Waals surface area contributed by atoms with Gasteiger partial charge in [-0.3, -0.25) is 4.79 Å². The van der Waals surface area contributed by atoms with Crippen LogP contribution in [0.3, 0.4) is 0 Å². The van der Waals surface area contributed by atoms with Crippen LogP contribution in [0.5, 0.6) is 0 Å². The number of rotatable bonds is 2. The molecule has 0 radical (unpaired) electrons. The molecule has 0 atom stereocenters. The number of nitrogens with two attached hydrogens (primary N) is 1. The standard InChI is InChI=1S/C16H13ClN2O2/c1-9-2-4-12(8-13(9)17)19-16(20)15-7-10-6-11(18)3-5-14(10)21-15/h2-8H,18H2,1H3,(H,19,20). The zero-order chi connectivity index (χ0) is 15.0. The molecule has 1 aromatic heterocycles. The second-order valence-corrected chi connectivity index (χ2v) is 5.23. The first kappa shape index (κ1) is 13.5. The van der Waals surface area contributed by atoms with E-state index in [9.17, 15) is 4.79 Å². The van der Waals surface area contributed by atoms with E-state index in [2.05, 4.69) is 5.32 Å². The van der Waals surface area contributed by atoms with Crippen LogP contribution in [0.15, 0.2) is 46.9 Å². The molecule has 2 aromatic carbocycles. The van der Waals surface area contributed by atoms with E-state index in [-0.39, 0.29) is 11.7 Å². The Morgan fingerprint density at radius 1 is 1.19 bits per heavy atom. The number of furan rings is 1. The maximum Gasteiger partial charge on any atom is 0.291 e. The molecule has 5 heteroatoms. The van der Waals surface area contributed by atoms with Crippen molar-refractivity contribution in [3.05, 3.63) is 58.8 Å². The third kappa shape index (κ3) is 2.71. The number of benzene rings is 2. The van der Waals surface area contributed by atoms with E-state index < -0.39 is 0 Å². The molecule has 1 heterocycles. The highest BCUT2D eigenvalue weighted by molar-refractivity contribution is 6.31. The number of amides is 1. The van der Waals surface area contributed by atoms with Crippen molar-refractivity contribution in [3.63, 3.8) is 0 Å². The van der Waals surface area contributed by atoms with Crippen molar-refractivity contribution in [2.24, 2.45) is 0 Å². The summed E-state index contributed by atoms with van der Waals surface area (Å²) in [5.41, 5.74) is 8.53. The molecule has 4 nitrogen and oxygen atoms in total. The van der Waals surface area contributed by atoms with E-state index in [0.717, 1.165) is 10.9 Å². The SMILES string of the molecule is Cc1ccc(NC(=O)c2cc3cc(N)ccc3o2)cc1Cl. The molecule has 3 aromatic rings. The summed E-state index contributed by atoms with van der Waals surface area (Å²) in [6, 6.07) is 12.2. The lowest BCUT2D eigenvalue weighted by Gasteiger charge is -2.05. The van der Waals surface area contributed by atoms with Crippen LogP contribution in [0.4, 0.5) is 11.4 Å². The molecule has 3 N–H and O–H groups in total. The summed E-state index contributed by atoms with van der Waals surface area (Å²) in [5.74, 6) is -0.100. The van der Waals surface area contributed by atoms with Gasteiger partial charge in [0.05, 0.1) is 0 Å². The van der Waals surface area contributed by atoms with Crippen molar-refractivity contribution in [1.29, 1.82) is 0 Å². The number of nitrogens with one attached hydrogen (secondary N) is 1. The van der Waals surface area contributed by atoms with Crippen molar-refractivity contribution < 1.29 is 9.21 Å². The van der Waals surface area contributed by atoms with Crippen molar-refractivity contribution in [1.82, 2.24) is 0 Å². The number of hydrogen-bond acceptors (Lipinski definition) is 3. The molecule has 0 aliphatic heterocycles. The van der Waals surface area contributed by atoms with Crippen LogP contribution < -0.4 is 11.1 Å². The van der Waals surface area contributed by atoms with E-state index >= 15 is 0 Å². The van der Waals surface area contributed by atoms with Gasteiger partial charge in [0.15, 0.2) is 5.76 Å². The van der Waals surface area contributed by atoms with E-state index in [1.807, 2.05) is 13.0 Å². The van der Waals surface area contributed by atoms with Gasteiger partial charge in [-0.25, -0.2) is 0 Å². The molecule has 0 saturated heterocycles. The summed E-state index contributed by atoms with van der Waals surface area (Å²) in [5, 5.41) is 4.15. The van der Waals surface area contributed by atoms with Gasteiger partial charge in [0.1, 0.15) is 5.58 Å². The van der Waals surface area contributed by atoms with Crippen molar-refractivity contribution in [2.75, 3.05) is 11.1 Å². The monoisotopic (exact) mass is 300 g/mol. The molecule has 0 aliphatic carbocycles. The molecule has 1 amide bonds. The Labute approximate surface area is 126 Å². The fourth-order valence-corrected chi connectivity index (χ4v) is 2.22. The molecule has 3 rings (SSSR count). The van der Waals surface area contributed by atoms with Gasteiger partial charge in [-0.15, -0.1) is 0 Å². The molecule has 0 unspecified atom stereocenters. The van der Waals surface area contributed by atoms with Crippen LogP contribution in [0.2, 0.25) is 5.02 Å². The number of carbonyl (C=O) groups is 1. The Morgan fingerprint density at radius 2 is 2.00 bits per heavy atom. The zero-order valence-corrected chi connectivity index (χ0v) is 12.1. The van der Waals surface area contributed by atoms with Crippen LogP contribution in [0.1, 0.15) is 16.1 Å². The van der Waals surface area contributed by atoms with Crippen LogP contribution >= 0.6 is 11.6 Å². The van der Waals surface area contributed by atoms with E-state index in [1.54, 1.807) is 36.4 Å². The minimum absolute atomic E-state index is 0.229. The fourth-order valence-electron chi connectivity index (χ4n) is 2.04. The van der Waals surface area contributed by atoms with Crippen LogP contribution in [-0.4, -0.2) is 5.91 Å². The number of hydrogen-bond donors (Lipinski definition) is 2. The number of aryl methyl sites for hydroxylation is 1. The van der Waals surface area contributed by atoms with E-state index in [1.165, 1.54) is 0 Å². The normalized spacial score (nSPS) is 10.8. The van der Waals surface area contributed by atoms with Crippen molar-refractivity contribution in [3.8, 4) is 0 Å². The van der Waals surface area contributed by atoms with Gasteiger partial charge in [-0.05, 0) is 48.9 Å². The summed E-state index contributed by atoms with van der Waals surface area (Å²) in [7, 11) is 0. The van der Waals surface area contributed by atoms with Crippen LogP contribution in [0.25, 0.3) is 11.0 Å². The third-order valence-corrected chi connectivity index (χ3v) is 3.60. The lowest BCUT2D eigenvalue weighted by molar-refractivity contribution is 0.0998. The average molecular weight is 301 g/mol. The minimum atomic E-state index is -0.329. The van der Waals surface area contributed by atoms with Gasteiger partial charge >= 0.3 is 0 Å². The Morgan fingerprint density at radius 3 is 2.76 bits per heavy atom. The molecule has 21 heavy (non-hydrogen) atoms. The van der Waals surface area contributed by atoms with Gasteiger partial charge in [-0.1, -0.05) is 17.7 Å². The molecule has 0 spiro atoms. The Balaban J connectivity index is 1.87. The van der Waals surface area contributed by atoms with Crippen LogP contribution in [0, 0.1) is 6.92 Å². The maximum atomic E-state index is 12.2. The lowest BCUT2D eigenvalue weighted by Crippen LogP contribution is -2.10. The first-order chi connectivity index (χ1) is 10.0. The van der Waals surface area contributed by atoms with Crippen molar-refractivity contribution in [2.45, 2.75) is 6.92 Å². The predicted octanol–water partition coefficient (Wildman–Crippen LogP) is 4.23. The van der Waals surface area contributed by atoms with Crippen LogP contribution in [-0.2, 0) is 0 Å². The Hall–Kier alpha value is -2.46. The summed E-state index contributed by atoms with van der Waals surface area (Å²) in [6.45, 7) is 1.90. The zero-order valence-electron chi connectivity index (χ0n) is 11.3. The lowest BCUT2D eigenvalue weighted by atomic mass is 10.2. The second-order valence-electron chi connectivity index (χ2n) is 4.83. The number of carbonyl (C=O) groups excluding carboxylic acids is 1. The molecule has 0 bridgehead atoms. The maximum absolute atomic E-state index is 12.2. The molecule has 0 fully saturated rings. The highest BCUT2D eigenvalue weighted by Gasteiger charge is 2.13. The number of nitrogen functional groups attached to an aromatic ring is 1. The third-order valence-electron chi connectivity index (χ3n) is 3.19. The topological polar surface area (TPSA) is 68.3 Å². The summed E-state index contributed by atoms with van der Waals surface area (Å²) < 4.78 is 5.51. The van der Waals surface area contributed by atoms with Gasteiger partial charge in [0.2, 0.25) is 0 Å². The first-order valence-corrected chi connectivity index (χ1v) is 6.77. The Kier molecular flexibility index (Phi) is 3.31. The van der Waals surface area contributed by atoms with E-state index in [4.69, 9.17) is 21.8 Å². The predicted molar refractivity (Wildman–Crippen MR) is 84.8 cm³/mol. The van der Waals surface area contributed by atoms with Crippen molar-refractivity contribution >= 4 is 39.9 Å². The molecule has 0 aliphatic rings. The highest BCUT2D eigenvalue weighted by Crippen LogP contribution is 2.24. The average Bonchev–Trinajstić information content (AvgIpc) is 2.86. The summed E-state index contributed by atoms with van der Waals surface area (Å²) in [4.78, 5) is 12.2. The molecule has 0 saturated carbocycles. The second kappa shape index (κ2) is 5.14.